The largest absolute Gasteiger partial charge is 0.469 e. The Morgan fingerprint density at radius 2 is 2.15 bits per heavy atom. The van der Waals surface area contributed by atoms with Crippen LogP contribution < -0.4 is 5.32 Å². The summed E-state index contributed by atoms with van der Waals surface area (Å²) in [6.45, 7) is 5.16. The van der Waals surface area contributed by atoms with Gasteiger partial charge in [0.1, 0.15) is 5.76 Å². The van der Waals surface area contributed by atoms with E-state index in [1.807, 2.05) is 18.2 Å². The molecule has 2 nitrogen and oxygen atoms in total. The zero-order valence-corrected chi connectivity index (χ0v) is 12.9. The minimum atomic E-state index is 0.422. The average molecular weight is 292 g/mol. The van der Waals surface area contributed by atoms with Crippen LogP contribution in [0.5, 0.6) is 0 Å². The van der Waals surface area contributed by atoms with Crippen LogP contribution in [0.1, 0.15) is 30.2 Å². The van der Waals surface area contributed by atoms with Crippen LogP contribution in [0, 0.1) is 6.92 Å². The molecule has 1 N–H and O–H groups in total. The van der Waals surface area contributed by atoms with E-state index in [4.69, 9.17) is 16.0 Å². The van der Waals surface area contributed by atoms with Crippen molar-refractivity contribution in [3.05, 3.63) is 58.5 Å². The summed E-state index contributed by atoms with van der Waals surface area (Å²) >= 11 is 6.33. The van der Waals surface area contributed by atoms with Crippen LogP contribution in [0.4, 0.5) is 0 Å². The van der Waals surface area contributed by atoms with Crippen molar-refractivity contribution >= 4 is 11.6 Å². The maximum absolute atomic E-state index is 6.33. The first-order chi connectivity index (χ1) is 9.69. The molecule has 3 heteroatoms. The number of aryl methyl sites for hydroxylation is 2. The molecule has 0 spiro atoms. The van der Waals surface area contributed by atoms with Gasteiger partial charge in [0.15, 0.2) is 0 Å². The van der Waals surface area contributed by atoms with Gasteiger partial charge < -0.3 is 9.73 Å². The molecule has 0 radical (unpaired) electrons. The molecule has 1 unspecified atom stereocenters. The average Bonchev–Trinajstić information content (AvgIpc) is 2.92. The van der Waals surface area contributed by atoms with Crippen LogP contribution in [-0.4, -0.2) is 12.6 Å². The zero-order valence-electron chi connectivity index (χ0n) is 12.2. The molecule has 0 bridgehead atoms. The molecule has 2 rings (SSSR count). The van der Waals surface area contributed by atoms with Gasteiger partial charge in [-0.3, -0.25) is 0 Å². The van der Waals surface area contributed by atoms with E-state index in [1.165, 1.54) is 11.1 Å². The van der Waals surface area contributed by atoms with Gasteiger partial charge in [-0.15, -0.1) is 0 Å². The summed E-state index contributed by atoms with van der Waals surface area (Å²) in [6, 6.07) is 10.7. The molecule has 0 fully saturated rings. The summed E-state index contributed by atoms with van der Waals surface area (Å²) in [5, 5.41) is 4.40. The molecule has 20 heavy (non-hydrogen) atoms. The standard InChI is InChI=1S/C17H22ClNO/c1-3-19-15(8-9-16-5-4-10-20-16)12-14-7-6-13(2)11-17(14)18/h4-7,10-11,15,19H,3,8-9,12H2,1-2H3. The van der Waals surface area contributed by atoms with Crippen molar-refractivity contribution in [1.29, 1.82) is 0 Å². The van der Waals surface area contributed by atoms with Crippen molar-refractivity contribution in [3.8, 4) is 0 Å². The van der Waals surface area contributed by atoms with E-state index in [9.17, 15) is 0 Å². The van der Waals surface area contributed by atoms with Gasteiger partial charge in [-0.05, 0) is 55.6 Å². The first kappa shape index (κ1) is 15.1. The molecular weight excluding hydrogens is 270 g/mol. The Labute approximate surface area is 126 Å². The fraction of sp³-hybridized carbons (Fsp3) is 0.412. The SMILES string of the molecule is CCNC(CCc1ccco1)Cc1ccc(C)cc1Cl. The lowest BCUT2D eigenvalue weighted by atomic mass is 10.00. The lowest BCUT2D eigenvalue weighted by Gasteiger charge is -2.18. The summed E-state index contributed by atoms with van der Waals surface area (Å²) < 4.78 is 5.40. The van der Waals surface area contributed by atoms with E-state index in [0.29, 0.717) is 6.04 Å². The van der Waals surface area contributed by atoms with Crippen molar-refractivity contribution < 1.29 is 4.42 Å². The monoisotopic (exact) mass is 291 g/mol. The quantitative estimate of drug-likeness (QED) is 0.818. The van der Waals surface area contributed by atoms with E-state index in [-0.39, 0.29) is 0 Å². The van der Waals surface area contributed by atoms with Gasteiger partial charge in [-0.2, -0.15) is 0 Å². The van der Waals surface area contributed by atoms with Crippen LogP contribution in [0.15, 0.2) is 41.0 Å². The van der Waals surface area contributed by atoms with Crippen molar-refractivity contribution in [2.24, 2.45) is 0 Å². The third-order valence-corrected chi connectivity index (χ3v) is 3.84. The highest BCUT2D eigenvalue weighted by Crippen LogP contribution is 2.20. The molecule has 1 aromatic heterocycles. The number of rotatable bonds is 7. The molecule has 2 aromatic rings. The van der Waals surface area contributed by atoms with Gasteiger partial charge in [0.2, 0.25) is 0 Å². The number of hydrogen-bond acceptors (Lipinski definition) is 2. The Bertz CT molecular complexity index is 522. The molecule has 1 atom stereocenters. The summed E-state index contributed by atoms with van der Waals surface area (Å²) in [5.41, 5.74) is 2.41. The molecule has 1 heterocycles. The first-order valence-electron chi connectivity index (χ1n) is 7.20. The van der Waals surface area contributed by atoms with E-state index in [0.717, 1.165) is 36.6 Å². The smallest absolute Gasteiger partial charge is 0.103 e. The van der Waals surface area contributed by atoms with Gasteiger partial charge in [-0.1, -0.05) is 30.7 Å². The molecule has 0 saturated carbocycles. The Morgan fingerprint density at radius 3 is 2.80 bits per heavy atom. The summed E-state index contributed by atoms with van der Waals surface area (Å²) in [6.07, 6.45) is 4.68. The normalized spacial score (nSPS) is 12.6. The number of benzene rings is 1. The molecule has 0 saturated heterocycles. The second-order valence-electron chi connectivity index (χ2n) is 5.17. The second-order valence-corrected chi connectivity index (χ2v) is 5.58. The molecule has 108 valence electrons. The fourth-order valence-electron chi connectivity index (χ4n) is 2.42. The maximum Gasteiger partial charge on any atom is 0.103 e. The van der Waals surface area contributed by atoms with Crippen molar-refractivity contribution in [2.45, 2.75) is 39.2 Å². The maximum atomic E-state index is 6.33. The van der Waals surface area contributed by atoms with Gasteiger partial charge in [0.25, 0.3) is 0 Å². The third kappa shape index (κ3) is 4.39. The van der Waals surface area contributed by atoms with Gasteiger partial charge in [0, 0.05) is 17.5 Å². The van der Waals surface area contributed by atoms with E-state index < -0.39 is 0 Å². The zero-order chi connectivity index (χ0) is 14.4. The molecule has 1 aromatic carbocycles. The van der Waals surface area contributed by atoms with Crippen molar-refractivity contribution in [3.63, 3.8) is 0 Å². The summed E-state index contributed by atoms with van der Waals surface area (Å²) in [5.74, 6) is 1.04. The Morgan fingerprint density at radius 1 is 1.30 bits per heavy atom. The second kappa shape index (κ2) is 7.51. The molecule has 0 aliphatic rings. The molecule has 0 aliphatic heterocycles. The fourth-order valence-corrected chi connectivity index (χ4v) is 2.73. The van der Waals surface area contributed by atoms with Crippen LogP contribution in [-0.2, 0) is 12.8 Å². The van der Waals surface area contributed by atoms with Crippen molar-refractivity contribution in [1.82, 2.24) is 5.32 Å². The third-order valence-electron chi connectivity index (χ3n) is 3.49. The summed E-state index contributed by atoms with van der Waals surface area (Å²) in [4.78, 5) is 0. The molecule has 0 aliphatic carbocycles. The van der Waals surface area contributed by atoms with Crippen molar-refractivity contribution in [2.75, 3.05) is 6.54 Å². The highest BCUT2D eigenvalue weighted by Gasteiger charge is 2.12. The lowest BCUT2D eigenvalue weighted by Crippen LogP contribution is -2.31. The van der Waals surface area contributed by atoms with E-state index >= 15 is 0 Å². The number of hydrogen-bond donors (Lipinski definition) is 1. The number of likely N-dealkylation sites (N-methyl/N-ethyl adjacent to an activating group) is 1. The molecular formula is C17H22ClNO. The minimum Gasteiger partial charge on any atom is -0.469 e. The lowest BCUT2D eigenvalue weighted by molar-refractivity contribution is 0.448. The summed E-state index contributed by atoms with van der Waals surface area (Å²) in [7, 11) is 0. The number of nitrogens with one attached hydrogen (secondary N) is 1. The van der Waals surface area contributed by atoms with Crippen LogP contribution in [0.25, 0.3) is 0 Å². The number of halogens is 1. The molecule has 0 amide bonds. The van der Waals surface area contributed by atoms with Gasteiger partial charge >= 0.3 is 0 Å². The van der Waals surface area contributed by atoms with Gasteiger partial charge in [-0.25, -0.2) is 0 Å². The van der Waals surface area contributed by atoms with Crippen LogP contribution in [0.3, 0.4) is 0 Å². The van der Waals surface area contributed by atoms with Gasteiger partial charge in [0.05, 0.1) is 6.26 Å². The van der Waals surface area contributed by atoms with Crippen LogP contribution >= 0.6 is 11.6 Å². The highest BCUT2D eigenvalue weighted by molar-refractivity contribution is 6.31. The van der Waals surface area contributed by atoms with E-state index in [1.54, 1.807) is 6.26 Å². The van der Waals surface area contributed by atoms with E-state index in [2.05, 4.69) is 31.3 Å². The predicted octanol–water partition coefficient (Wildman–Crippen LogP) is 4.39. The Hall–Kier alpha value is -1.25. The Balaban J connectivity index is 1.97. The van der Waals surface area contributed by atoms with Crippen LogP contribution in [0.2, 0.25) is 5.02 Å². The number of furan rings is 1. The Kier molecular flexibility index (Phi) is 5.69. The highest BCUT2D eigenvalue weighted by atomic mass is 35.5. The topological polar surface area (TPSA) is 25.2 Å². The predicted molar refractivity (Wildman–Crippen MR) is 84.4 cm³/mol. The first-order valence-corrected chi connectivity index (χ1v) is 7.57. The minimum absolute atomic E-state index is 0.422.